The molecule has 0 radical (unpaired) electrons. The Morgan fingerprint density at radius 3 is 2.59 bits per heavy atom. The smallest absolute Gasteiger partial charge is 0.369 e. The van der Waals surface area contributed by atoms with Crippen molar-refractivity contribution in [3.8, 4) is 11.1 Å². The molecule has 0 bridgehead atoms. The number of amides is 1. The number of alkyl halides is 3. The first kappa shape index (κ1) is 19.2. The molecular weight excluding hydrogens is 383 g/mol. The Hall–Kier alpha value is -3.10. The van der Waals surface area contributed by atoms with E-state index in [1.165, 1.54) is 6.20 Å². The zero-order valence-electron chi connectivity index (χ0n) is 15.8. The van der Waals surface area contributed by atoms with Crippen LogP contribution in [0.4, 0.5) is 19.0 Å². The summed E-state index contributed by atoms with van der Waals surface area (Å²) in [5.41, 5.74) is 7.13. The highest BCUT2D eigenvalue weighted by Gasteiger charge is 2.37. The van der Waals surface area contributed by atoms with Crippen LogP contribution >= 0.6 is 0 Å². The molecule has 0 aliphatic carbocycles. The van der Waals surface area contributed by atoms with Crippen molar-refractivity contribution in [3.05, 3.63) is 48.0 Å². The van der Waals surface area contributed by atoms with Gasteiger partial charge in [-0.05, 0) is 37.5 Å². The molecule has 3 aromatic heterocycles. The lowest BCUT2D eigenvalue weighted by Gasteiger charge is -2.33. The average molecular weight is 403 g/mol. The maximum absolute atomic E-state index is 13.9. The quantitative estimate of drug-likeness (QED) is 0.727. The van der Waals surface area contributed by atoms with Crippen LogP contribution in [-0.2, 0) is 11.0 Å². The Kier molecular flexibility index (Phi) is 4.68. The van der Waals surface area contributed by atoms with E-state index in [9.17, 15) is 18.0 Å². The third kappa shape index (κ3) is 3.64. The number of aryl methyl sites for hydroxylation is 1. The van der Waals surface area contributed by atoms with Crippen LogP contribution in [0.2, 0.25) is 0 Å². The Labute approximate surface area is 165 Å². The second-order valence-electron chi connectivity index (χ2n) is 7.32. The van der Waals surface area contributed by atoms with Crippen molar-refractivity contribution < 1.29 is 18.0 Å². The molecule has 1 amide bonds. The number of nitrogens with two attached hydrogens (primary N) is 1. The minimum atomic E-state index is -4.55. The summed E-state index contributed by atoms with van der Waals surface area (Å²) in [6.07, 6.45) is 2.90. The number of carbonyl (C=O) groups excluding carboxylic acids is 1. The first-order valence-corrected chi connectivity index (χ1v) is 9.29. The van der Waals surface area contributed by atoms with Crippen LogP contribution in [-0.4, -0.2) is 33.4 Å². The number of pyridine rings is 2. The first-order chi connectivity index (χ1) is 13.7. The van der Waals surface area contributed by atoms with E-state index in [2.05, 4.69) is 9.97 Å². The number of rotatable bonds is 3. The lowest BCUT2D eigenvalue weighted by atomic mass is 9.95. The van der Waals surface area contributed by atoms with E-state index >= 15 is 0 Å². The van der Waals surface area contributed by atoms with Gasteiger partial charge < -0.3 is 15.0 Å². The number of carbonyl (C=O) groups is 1. The summed E-state index contributed by atoms with van der Waals surface area (Å²) in [4.78, 5) is 21.3. The molecule has 0 aromatic carbocycles. The summed E-state index contributed by atoms with van der Waals surface area (Å²) in [5.74, 6) is -0.815. The molecule has 152 valence electrons. The minimum absolute atomic E-state index is 0.106. The number of nitrogens with zero attached hydrogens (tertiary/aromatic N) is 4. The van der Waals surface area contributed by atoms with Gasteiger partial charge in [-0.2, -0.15) is 13.2 Å². The molecule has 2 N–H and O–H groups in total. The molecule has 29 heavy (non-hydrogen) atoms. The highest BCUT2D eigenvalue weighted by molar-refractivity contribution is 5.77. The second kappa shape index (κ2) is 7.06. The monoisotopic (exact) mass is 403 g/mol. The molecule has 6 nitrogen and oxygen atoms in total. The molecule has 1 saturated heterocycles. The van der Waals surface area contributed by atoms with Gasteiger partial charge in [0.15, 0.2) is 0 Å². The number of fused-ring (bicyclic) bond motifs is 1. The molecule has 4 heterocycles. The van der Waals surface area contributed by atoms with Crippen LogP contribution in [0.15, 0.2) is 36.9 Å². The number of hydrogen-bond donors (Lipinski definition) is 1. The van der Waals surface area contributed by atoms with E-state index in [0.29, 0.717) is 37.1 Å². The predicted molar refractivity (Wildman–Crippen MR) is 102 cm³/mol. The lowest BCUT2D eigenvalue weighted by molar-refractivity contribution is -0.137. The fourth-order valence-corrected chi connectivity index (χ4v) is 3.80. The summed E-state index contributed by atoms with van der Waals surface area (Å²) in [7, 11) is 0. The summed E-state index contributed by atoms with van der Waals surface area (Å²) >= 11 is 0. The van der Waals surface area contributed by atoms with Gasteiger partial charge in [-0.3, -0.25) is 4.79 Å². The molecule has 4 rings (SSSR count). The topological polar surface area (TPSA) is 76.5 Å². The van der Waals surface area contributed by atoms with Crippen molar-refractivity contribution in [2.24, 2.45) is 11.7 Å². The standard InChI is InChI=1S/C20H20F3N5O/c1-12-8-17-25-4-7-28(17)11-15(12)14-9-16(20(21,22)23)19(26-10-14)27-5-2-13(3-6-27)18(24)29/h4,7-11,13H,2-3,5-6H2,1H3,(H2,24,29). The van der Waals surface area contributed by atoms with E-state index in [-0.39, 0.29) is 11.7 Å². The van der Waals surface area contributed by atoms with Gasteiger partial charge in [0.1, 0.15) is 11.5 Å². The largest absolute Gasteiger partial charge is 0.419 e. The number of halogens is 3. The number of imidazole rings is 1. The SMILES string of the molecule is Cc1cc2nccn2cc1-c1cnc(N2CCC(C(N)=O)CC2)c(C(F)(F)F)c1. The fraction of sp³-hybridized carbons (Fsp3) is 0.350. The Balaban J connectivity index is 1.73. The molecule has 1 aliphatic rings. The van der Waals surface area contributed by atoms with Crippen LogP contribution < -0.4 is 10.6 Å². The maximum atomic E-state index is 13.9. The van der Waals surface area contributed by atoms with Crippen molar-refractivity contribution in [1.82, 2.24) is 14.4 Å². The van der Waals surface area contributed by atoms with E-state index in [0.717, 1.165) is 17.3 Å². The number of anilines is 1. The van der Waals surface area contributed by atoms with E-state index in [4.69, 9.17) is 5.73 Å². The highest BCUT2D eigenvalue weighted by atomic mass is 19.4. The third-order valence-electron chi connectivity index (χ3n) is 5.42. The van der Waals surface area contributed by atoms with Crippen LogP contribution in [0.5, 0.6) is 0 Å². The van der Waals surface area contributed by atoms with Crippen LogP contribution in [0.25, 0.3) is 16.8 Å². The molecule has 0 spiro atoms. The fourth-order valence-electron chi connectivity index (χ4n) is 3.80. The van der Waals surface area contributed by atoms with E-state index in [1.807, 2.05) is 13.0 Å². The van der Waals surface area contributed by atoms with Crippen LogP contribution in [0.3, 0.4) is 0 Å². The minimum Gasteiger partial charge on any atom is -0.369 e. The third-order valence-corrected chi connectivity index (χ3v) is 5.42. The first-order valence-electron chi connectivity index (χ1n) is 9.29. The second-order valence-corrected chi connectivity index (χ2v) is 7.32. The van der Waals surface area contributed by atoms with E-state index < -0.39 is 17.6 Å². The number of aromatic nitrogens is 3. The van der Waals surface area contributed by atoms with Crippen molar-refractivity contribution in [1.29, 1.82) is 0 Å². The Morgan fingerprint density at radius 1 is 1.21 bits per heavy atom. The average Bonchev–Trinajstić information content (AvgIpc) is 3.13. The van der Waals surface area contributed by atoms with Crippen LogP contribution in [0.1, 0.15) is 24.0 Å². The molecule has 3 aromatic rings. The van der Waals surface area contributed by atoms with Gasteiger partial charge in [0, 0.05) is 54.9 Å². The molecular formula is C20H20F3N5O. The lowest BCUT2D eigenvalue weighted by Crippen LogP contribution is -2.39. The molecule has 9 heteroatoms. The van der Waals surface area contributed by atoms with Crippen molar-refractivity contribution in [3.63, 3.8) is 0 Å². The summed E-state index contributed by atoms with van der Waals surface area (Å²) in [6, 6.07) is 2.97. The molecule has 0 atom stereocenters. The van der Waals surface area contributed by atoms with Crippen LogP contribution in [0, 0.1) is 12.8 Å². The van der Waals surface area contributed by atoms with Gasteiger partial charge in [0.05, 0.1) is 5.56 Å². The van der Waals surface area contributed by atoms with Crippen molar-refractivity contribution >= 4 is 17.4 Å². The predicted octanol–water partition coefficient (Wildman–Crippen LogP) is 3.43. The van der Waals surface area contributed by atoms with Gasteiger partial charge >= 0.3 is 6.18 Å². The molecule has 1 aliphatic heterocycles. The number of piperidine rings is 1. The van der Waals surface area contributed by atoms with Gasteiger partial charge in [-0.25, -0.2) is 9.97 Å². The summed E-state index contributed by atoms with van der Waals surface area (Å²) in [6.45, 7) is 2.45. The van der Waals surface area contributed by atoms with Gasteiger partial charge in [0.2, 0.25) is 5.91 Å². The Morgan fingerprint density at radius 2 is 1.93 bits per heavy atom. The van der Waals surface area contributed by atoms with Gasteiger partial charge in [-0.1, -0.05) is 0 Å². The maximum Gasteiger partial charge on any atom is 0.419 e. The van der Waals surface area contributed by atoms with Gasteiger partial charge in [0.25, 0.3) is 0 Å². The molecule has 1 fully saturated rings. The van der Waals surface area contributed by atoms with E-state index in [1.54, 1.807) is 27.9 Å². The molecule has 0 unspecified atom stereocenters. The highest BCUT2D eigenvalue weighted by Crippen LogP contribution is 2.39. The summed E-state index contributed by atoms with van der Waals surface area (Å²) in [5, 5.41) is 0. The molecule has 0 saturated carbocycles. The van der Waals surface area contributed by atoms with Crippen molar-refractivity contribution in [2.75, 3.05) is 18.0 Å². The van der Waals surface area contributed by atoms with Crippen molar-refractivity contribution in [2.45, 2.75) is 25.9 Å². The zero-order chi connectivity index (χ0) is 20.8. The zero-order valence-corrected chi connectivity index (χ0v) is 15.8. The number of primary amides is 1. The summed E-state index contributed by atoms with van der Waals surface area (Å²) < 4.78 is 43.3. The van der Waals surface area contributed by atoms with Gasteiger partial charge in [-0.15, -0.1) is 0 Å². The Bertz CT molecular complexity index is 1070. The normalized spacial score (nSPS) is 15.8. The number of hydrogen-bond acceptors (Lipinski definition) is 4.